The minimum atomic E-state index is -0.887. The lowest BCUT2D eigenvalue weighted by molar-refractivity contribution is 0.0695. The Bertz CT molecular complexity index is 601. The van der Waals surface area contributed by atoms with Crippen LogP contribution in [0.25, 0.3) is 0 Å². The number of carbonyl (C=O) groups is 1. The van der Waals surface area contributed by atoms with Gasteiger partial charge in [-0.1, -0.05) is 6.92 Å². The molecule has 112 valence electrons. The summed E-state index contributed by atoms with van der Waals surface area (Å²) < 4.78 is 12.7. The number of rotatable bonds is 7. The van der Waals surface area contributed by atoms with Crippen molar-refractivity contribution in [1.82, 2.24) is 4.57 Å². The maximum Gasteiger partial charge on any atom is 0.337 e. The van der Waals surface area contributed by atoms with E-state index in [1.165, 1.54) is 0 Å². The third-order valence-corrected chi connectivity index (χ3v) is 3.30. The van der Waals surface area contributed by atoms with Crippen LogP contribution in [0.15, 0.2) is 36.5 Å². The van der Waals surface area contributed by atoms with E-state index in [2.05, 4.69) is 0 Å². The van der Waals surface area contributed by atoms with Crippen LogP contribution in [0, 0.1) is 0 Å². The van der Waals surface area contributed by atoms with Crippen molar-refractivity contribution in [2.45, 2.75) is 19.9 Å². The zero-order chi connectivity index (χ0) is 15.2. The van der Waals surface area contributed by atoms with Gasteiger partial charge in [0, 0.05) is 11.9 Å². The Balaban J connectivity index is 1.95. The van der Waals surface area contributed by atoms with Crippen molar-refractivity contribution in [3.8, 4) is 11.5 Å². The van der Waals surface area contributed by atoms with Crippen molar-refractivity contribution in [3.05, 3.63) is 47.8 Å². The number of benzene rings is 1. The summed E-state index contributed by atoms with van der Waals surface area (Å²) in [6.07, 6.45) is 2.47. The molecule has 0 saturated heterocycles. The van der Waals surface area contributed by atoms with Gasteiger partial charge in [-0.2, -0.15) is 0 Å². The van der Waals surface area contributed by atoms with E-state index in [0.717, 1.165) is 17.2 Å². The number of ether oxygens (including phenoxy) is 2. The van der Waals surface area contributed by atoms with Crippen LogP contribution >= 0.6 is 0 Å². The second kappa shape index (κ2) is 6.83. The van der Waals surface area contributed by atoms with E-state index < -0.39 is 5.97 Å². The van der Waals surface area contributed by atoms with E-state index in [1.807, 2.05) is 35.8 Å². The van der Waals surface area contributed by atoms with Gasteiger partial charge in [0.25, 0.3) is 0 Å². The first-order chi connectivity index (χ1) is 10.2. The lowest BCUT2D eigenvalue weighted by Crippen LogP contribution is -2.11. The highest BCUT2D eigenvalue weighted by Crippen LogP contribution is 2.17. The summed E-state index contributed by atoms with van der Waals surface area (Å²) in [5.41, 5.74) is 1.18. The molecule has 1 aromatic carbocycles. The largest absolute Gasteiger partial charge is 0.497 e. The summed E-state index contributed by atoms with van der Waals surface area (Å²) in [5, 5.41) is 9.11. The summed E-state index contributed by atoms with van der Waals surface area (Å²) in [5.74, 6) is 0.660. The molecule has 0 aliphatic carbocycles. The van der Waals surface area contributed by atoms with Crippen molar-refractivity contribution in [2.24, 2.45) is 0 Å². The molecule has 0 unspecified atom stereocenters. The van der Waals surface area contributed by atoms with Gasteiger partial charge in [0.15, 0.2) is 0 Å². The van der Waals surface area contributed by atoms with Gasteiger partial charge in [0.1, 0.15) is 18.1 Å². The van der Waals surface area contributed by atoms with Crippen LogP contribution in [-0.2, 0) is 13.0 Å². The average molecular weight is 289 g/mol. The SMILES string of the molecule is CCc1c(C(=O)O)ccn1CCOc1ccc(OC)cc1. The van der Waals surface area contributed by atoms with Gasteiger partial charge >= 0.3 is 5.97 Å². The van der Waals surface area contributed by atoms with Crippen LogP contribution in [0.2, 0.25) is 0 Å². The van der Waals surface area contributed by atoms with Crippen LogP contribution < -0.4 is 9.47 Å². The molecule has 0 spiro atoms. The molecular formula is C16H19NO4. The second-order valence-corrected chi connectivity index (χ2v) is 4.55. The molecule has 1 N–H and O–H groups in total. The predicted octanol–water partition coefficient (Wildman–Crippen LogP) is 2.84. The Hall–Kier alpha value is -2.43. The standard InChI is InChI=1S/C16H19NO4/c1-3-15-14(16(18)19)8-9-17(15)10-11-21-13-6-4-12(20-2)5-7-13/h4-9H,3,10-11H2,1-2H3,(H,18,19). The quantitative estimate of drug-likeness (QED) is 0.851. The van der Waals surface area contributed by atoms with Gasteiger partial charge in [-0.3, -0.25) is 0 Å². The Morgan fingerprint density at radius 3 is 2.43 bits per heavy atom. The number of aromatic nitrogens is 1. The molecule has 5 nitrogen and oxygen atoms in total. The highest BCUT2D eigenvalue weighted by atomic mass is 16.5. The smallest absolute Gasteiger partial charge is 0.337 e. The van der Waals surface area contributed by atoms with Gasteiger partial charge in [0.2, 0.25) is 0 Å². The van der Waals surface area contributed by atoms with E-state index in [0.29, 0.717) is 25.1 Å². The number of hydrogen-bond donors (Lipinski definition) is 1. The van der Waals surface area contributed by atoms with Crippen LogP contribution in [0.5, 0.6) is 11.5 Å². The normalized spacial score (nSPS) is 10.4. The number of nitrogens with zero attached hydrogens (tertiary/aromatic N) is 1. The molecule has 21 heavy (non-hydrogen) atoms. The lowest BCUT2D eigenvalue weighted by Gasteiger charge is -2.10. The van der Waals surface area contributed by atoms with Crippen molar-refractivity contribution in [1.29, 1.82) is 0 Å². The third kappa shape index (κ3) is 3.56. The molecule has 0 fully saturated rings. The maximum absolute atomic E-state index is 11.1. The van der Waals surface area contributed by atoms with E-state index in [9.17, 15) is 4.79 Å². The van der Waals surface area contributed by atoms with E-state index in [1.54, 1.807) is 19.4 Å². The van der Waals surface area contributed by atoms with Crippen LogP contribution in [0.4, 0.5) is 0 Å². The molecule has 1 aromatic heterocycles. The van der Waals surface area contributed by atoms with Gasteiger partial charge in [-0.25, -0.2) is 4.79 Å². The molecule has 0 atom stereocenters. The minimum absolute atomic E-state index is 0.363. The Kier molecular flexibility index (Phi) is 4.87. The summed E-state index contributed by atoms with van der Waals surface area (Å²) >= 11 is 0. The molecule has 0 radical (unpaired) electrons. The van der Waals surface area contributed by atoms with Gasteiger partial charge in [-0.05, 0) is 36.8 Å². The predicted molar refractivity (Wildman–Crippen MR) is 79.3 cm³/mol. The molecule has 0 saturated carbocycles. The van der Waals surface area contributed by atoms with Gasteiger partial charge < -0.3 is 19.1 Å². The number of methoxy groups -OCH3 is 1. The number of carboxylic acids is 1. The van der Waals surface area contributed by atoms with Crippen LogP contribution in [0.3, 0.4) is 0 Å². The fraction of sp³-hybridized carbons (Fsp3) is 0.312. The number of carboxylic acid groups (broad SMARTS) is 1. The minimum Gasteiger partial charge on any atom is -0.497 e. The Labute approximate surface area is 123 Å². The summed E-state index contributed by atoms with van der Waals surface area (Å²) in [4.78, 5) is 11.1. The molecule has 0 amide bonds. The average Bonchev–Trinajstić information content (AvgIpc) is 2.91. The van der Waals surface area contributed by atoms with Crippen LogP contribution in [0.1, 0.15) is 23.0 Å². The van der Waals surface area contributed by atoms with E-state index in [-0.39, 0.29) is 0 Å². The Morgan fingerprint density at radius 2 is 1.86 bits per heavy atom. The zero-order valence-corrected chi connectivity index (χ0v) is 12.2. The molecular weight excluding hydrogens is 270 g/mol. The Morgan fingerprint density at radius 1 is 1.19 bits per heavy atom. The zero-order valence-electron chi connectivity index (χ0n) is 12.2. The molecule has 0 bridgehead atoms. The molecule has 5 heteroatoms. The fourth-order valence-corrected chi connectivity index (χ4v) is 2.24. The maximum atomic E-state index is 11.1. The van der Waals surface area contributed by atoms with E-state index in [4.69, 9.17) is 14.6 Å². The highest BCUT2D eigenvalue weighted by Gasteiger charge is 2.13. The number of hydrogen-bond acceptors (Lipinski definition) is 3. The lowest BCUT2D eigenvalue weighted by atomic mass is 10.2. The summed E-state index contributed by atoms with van der Waals surface area (Å²) in [6, 6.07) is 9.00. The van der Waals surface area contributed by atoms with Crippen molar-refractivity contribution in [2.75, 3.05) is 13.7 Å². The van der Waals surface area contributed by atoms with Gasteiger partial charge in [-0.15, -0.1) is 0 Å². The molecule has 0 aliphatic heterocycles. The van der Waals surface area contributed by atoms with Crippen molar-refractivity contribution < 1.29 is 19.4 Å². The molecule has 2 rings (SSSR count). The van der Waals surface area contributed by atoms with Gasteiger partial charge in [0.05, 0.1) is 19.2 Å². The monoisotopic (exact) mass is 289 g/mol. The first-order valence-corrected chi connectivity index (χ1v) is 6.83. The van der Waals surface area contributed by atoms with Crippen LogP contribution in [-0.4, -0.2) is 29.4 Å². The molecule has 1 heterocycles. The van der Waals surface area contributed by atoms with Crippen molar-refractivity contribution in [3.63, 3.8) is 0 Å². The number of aromatic carboxylic acids is 1. The highest BCUT2D eigenvalue weighted by molar-refractivity contribution is 5.89. The first-order valence-electron chi connectivity index (χ1n) is 6.83. The second-order valence-electron chi connectivity index (χ2n) is 4.55. The topological polar surface area (TPSA) is 60.7 Å². The molecule has 0 aliphatic rings. The molecule has 2 aromatic rings. The van der Waals surface area contributed by atoms with Crippen molar-refractivity contribution >= 4 is 5.97 Å². The third-order valence-electron chi connectivity index (χ3n) is 3.30. The summed E-state index contributed by atoms with van der Waals surface area (Å²) in [6.45, 7) is 3.04. The summed E-state index contributed by atoms with van der Waals surface area (Å²) in [7, 11) is 1.62. The fourth-order valence-electron chi connectivity index (χ4n) is 2.24. The van der Waals surface area contributed by atoms with E-state index >= 15 is 0 Å². The first kappa shape index (κ1) is 15.0.